The number of likely N-dealkylation sites (tertiary alicyclic amines) is 1. The summed E-state index contributed by atoms with van der Waals surface area (Å²) in [7, 11) is 3.11. The maximum atomic E-state index is 13.4. The lowest BCUT2D eigenvalue weighted by molar-refractivity contribution is -0.140. The number of nitrogens with one attached hydrogen (secondary N) is 1. The average molecular weight is 477 g/mol. The van der Waals surface area contributed by atoms with Gasteiger partial charge in [0.2, 0.25) is 0 Å². The number of benzene rings is 2. The van der Waals surface area contributed by atoms with E-state index in [9.17, 15) is 14.7 Å². The van der Waals surface area contributed by atoms with Gasteiger partial charge in [0.05, 0.1) is 24.3 Å². The van der Waals surface area contributed by atoms with Crippen LogP contribution in [-0.4, -0.2) is 54.1 Å². The molecule has 1 aromatic heterocycles. The zero-order valence-electron chi connectivity index (χ0n) is 20.8. The van der Waals surface area contributed by atoms with Gasteiger partial charge in [-0.1, -0.05) is 45.0 Å². The summed E-state index contributed by atoms with van der Waals surface area (Å²) in [5.41, 5.74) is 2.87. The highest BCUT2D eigenvalue weighted by molar-refractivity contribution is 6.46. The van der Waals surface area contributed by atoms with E-state index < -0.39 is 17.7 Å². The third-order valence-electron chi connectivity index (χ3n) is 6.52. The second-order valence-electron chi connectivity index (χ2n) is 9.79. The summed E-state index contributed by atoms with van der Waals surface area (Å²) in [6.07, 6.45) is 2.37. The molecule has 0 radical (unpaired) electrons. The first kappa shape index (κ1) is 24.5. The standard InChI is InChI=1S/C28H32N2O5/c1-28(2,3)17-11-12-22(35-5)19(15-17)25(31)23-24(20-16-29-21-10-7-6-9-18(20)21)30(13-8-14-34-4)27(33)26(23)32/h6-7,9-12,15-16,24,29,31H,8,13-14H2,1-5H3/b25-23+. The van der Waals surface area contributed by atoms with Crippen LogP contribution in [0.5, 0.6) is 5.75 Å². The summed E-state index contributed by atoms with van der Waals surface area (Å²) in [5.74, 6) is -1.16. The molecule has 0 aliphatic carbocycles. The number of hydrogen-bond acceptors (Lipinski definition) is 5. The molecule has 2 N–H and O–H groups in total. The minimum absolute atomic E-state index is 0.0570. The normalized spacial score (nSPS) is 18.0. The van der Waals surface area contributed by atoms with Gasteiger partial charge in [-0.05, 0) is 35.6 Å². The molecule has 1 fully saturated rings. The summed E-state index contributed by atoms with van der Waals surface area (Å²) >= 11 is 0. The molecule has 1 aliphatic rings. The zero-order valence-corrected chi connectivity index (χ0v) is 20.8. The number of aliphatic hydroxyl groups is 1. The van der Waals surface area contributed by atoms with Gasteiger partial charge in [0.1, 0.15) is 11.5 Å². The fraction of sp³-hybridized carbons (Fsp3) is 0.357. The monoisotopic (exact) mass is 476 g/mol. The fourth-order valence-corrected chi connectivity index (χ4v) is 4.64. The molecular formula is C28H32N2O5. The van der Waals surface area contributed by atoms with Crippen molar-refractivity contribution in [2.24, 2.45) is 0 Å². The van der Waals surface area contributed by atoms with E-state index in [0.29, 0.717) is 30.9 Å². The highest BCUT2D eigenvalue weighted by atomic mass is 16.5. The van der Waals surface area contributed by atoms with Crippen LogP contribution in [0.25, 0.3) is 16.7 Å². The predicted molar refractivity (Wildman–Crippen MR) is 135 cm³/mol. The Morgan fingerprint density at radius 1 is 1.11 bits per heavy atom. The van der Waals surface area contributed by atoms with Crippen LogP contribution < -0.4 is 4.74 Å². The van der Waals surface area contributed by atoms with Crippen LogP contribution in [0.3, 0.4) is 0 Å². The summed E-state index contributed by atoms with van der Waals surface area (Å²) < 4.78 is 10.7. The topological polar surface area (TPSA) is 91.9 Å². The third kappa shape index (κ3) is 4.44. The van der Waals surface area contributed by atoms with E-state index in [4.69, 9.17) is 9.47 Å². The average Bonchev–Trinajstić information content (AvgIpc) is 3.37. The molecule has 7 heteroatoms. The maximum Gasteiger partial charge on any atom is 0.295 e. The van der Waals surface area contributed by atoms with Gasteiger partial charge >= 0.3 is 0 Å². The summed E-state index contributed by atoms with van der Waals surface area (Å²) in [6, 6.07) is 12.5. The minimum atomic E-state index is -0.744. The molecule has 1 amide bonds. The number of carbonyl (C=O) groups excluding carboxylic acids is 2. The van der Waals surface area contributed by atoms with Crippen LogP contribution in [0.4, 0.5) is 0 Å². The molecule has 0 bridgehead atoms. The van der Waals surface area contributed by atoms with E-state index in [-0.39, 0.29) is 16.7 Å². The molecule has 1 aliphatic heterocycles. The Bertz CT molecular complexity index is 1300. The van der Waals surface area contributed by atoms with Gasteiger partial charge in [0.25, 0.3) is 11.7 Å². The van der Waals surface area contributed by atoms with Crippen LogP contribution in [0.15, 0.2) is 54.2 Å². The van der Waals surface area contributed by atoms with Gasteiger partial charge in [-0.25, -0.2) is 0 Å². The quantitative estimate of drug-likeness (QED) is 0.218. The highest BCUT2D eigenvalue weighted by Gasteiger charge is 2.47. The molecule has 1 atom stereocenters. The molecule has 0 spiro atoms. The van der Waals surface area contributed by atoms with Gasteiger partial charge < -0.3 is 24.5 Å². The third-order valence-corrected chi connectivity index (χ3v) is 6.52. The van der Waals surface area contributed by atoms with Crippen molar-refractivity contribution in [3.8, 4) is 5.75 Å². The van der Waals surface area contributed by atoms with E-state index in [1.807, 2.05) is 36.4 Å². The van der Waals surface area contributed by atoms with E-state index in [2.05, 4.69) is 25.8 Å². The van der Waals surface area contributed by atoms with Crippen molar-refractivity contribution >= 4 is 28.4 Å². The van der Waals surface area contributed by atoms with Crippen molar-refractivity contribution in [2.45, 2.75) is 38.6 Å². The minimum Gasteiger partial charge on any atom is -0.507 e. The van der Waals surface area contributed by atoms with Crippen molar-refractivity contribution in [1.82, 2.24) is 9.88 Å². The van der Waals surface area contributed by atoms with Crippen LogP contribution in [0, 0.1) is 0 Å². The van der Waals surface area contributed by atoms with Crippen LogP contribution in [0.2, 0.25) is 0 Å². The largest absolute Gasteiger partial charge is 0.507 e. The number of ketones is 1. The number of fused-ring (bicyclic) bond motifs is 1. The first-order valence-corrected chi connectivity index (χ1v) is 11.7. The number of aliphatic hydroxyl groups excluding tert-OH is 1. The summed E-state index contributed by atoms with van der Waals surface area (Å²) in [6.45, 7) is 6.97. The Labute approximate surface area is 205 Å². The predicted octanol–water partition coefficient (Wildman–Crippen LogP) is 4.93. The Balaban J connectivity index is 1.95. The molecule has 184 valence electrons. The van der Waals surface area contributed by atoms with E-state index in [1.54, 1.807) is 19.4 Å². The van der Waals surface area contributed by atoms with Crippen LogP contribution in [0.1, 0.15) is 49.9 Å². The molecule has 4 rings (SSSR count). The lowest BCUT2D eigenvalue weighted by atomic mass is 9.85. The van der Waals surface area contributed by atoms with Crippen LogP contribution in [-0.2, 0) is 19.7 Å². The molecular weight excluding hydrogens is 444 g/mol. The molecule has 7 nitrogen and oxygen atoms in total. The van der Waals surface area contributed by atoms with E-state index in [1.165, 1.54) is 12.0 Å². The SMILES string of the molecule is COCCCN1C(=O)C(=O)/C(=C(/O)c2cc(C(C)(C)C)ccc2OC)C1c1c[nH]c2ccccc12. The van der Waals surface area contributed by atoms with Gasteiger partial charge in [-0.15, -0.1) is 0 Å². The number of carbonyl (C=O) groups is 2. The van der Waals surface area contributed by atoms with Crippen molar-refractivity contribution in [3.05, 3.63) is 70.9 Å². The molecule has 1 saturated heterocycles. The lowest BCUT2D eigenvalue weighted by Gasteiger charge is -2.25. The maximum absolute atomic E-state index is 13.4. The van der Waals surface area contributed by atoms with Gasteiger partial charge in [0.15, 0.2) is 0 Å². The number of rotatable bonds is 7. The Morgan fingerprint density at radius 3 is 2.54 bits per heavy atom. The molecule has 2 aromatic carbocycles. The molecule has 0 saturated carbocycles. The number of methoxy groups -OCH3 is 2. The number of aromatic amines is 1. The molecule has 3 aromatic rings. The van der Waals surface area contributed by atoms with Crippen molar-refractivity contribution < 1.29 is 24.2 Å². The zero-order chi connectivity index (χ0) is 25.3. The van der Waals surface area contributed by atoms with Crippen molar-refractivity contribution in [3.63, 3.8) is 0 Å². The van der Waals surface area contributed by atoms with E-state index in [0.717, 1.165) is 22.0 Å². The molecule has 35 heavy (non-hydrogen) atoms. The number of aromatic nitrogens is 1. The van der Waals surface area contributed by atoms with E-state index >= 15 is 0 Å². The molecule has 2 heterocycles. The molecule has 1 unspecified atom stereocenters. The van der Waals surface area contributed by atoms with Crippen LogP contribution >= 0.6 is 0 Å². The van der Waals surface area contributed by atoms with Gasteiger partial charge in [0, 0.05) is 42.9 Å². The second-order valence-corrected chi connectivity index (χ2v) is 9.79. The second kappa shape index (κ2) is 9.58. The Morgan fingerprint density at radius 2 is 1.86 bits per heavy atom. The number of para-hydroxylation sites is 1. The number of amides is 1. The van der Waals surface area contributed by atoms with Gasteiger partial charge in [-0.3, -0.25) is 9.59 Å². The number of H-pyrrole nitrogens is 1. The summed E-state index contributed by atoms with van der Waals surface area (Å²) in [5, 5.41) is 12.5. The lowest BCUT2D eigenvalue weighted by Crippen LogP contribution is -2.31. The Hall–Kier alpha value is -3.58. The Kier molecular flexibility index (Phi) is 6.72. The number of nitrogens with zero attached hydrogens (tertiary/aromatic N) is 1. The number of hydrogen-bond donors (Lipinski definition) is 2. The first-order chi connectivity index (χ1) is 16.7. The fourth-order valence-electron chi connectivity index (χ4n) is 4.64. The van der Waals surface area contributed by atoms with Crippen molar-refractivity contribution in [1.29, 1.82) is 0 Å². The first-order valence-electron chi connectivity index (χ1n) is 11.7. The number of ether oxygens (including phenoxy) is 2. The smallest absolute Gasteiger partial charge is 0.295 e. The van der Waals surface area contributed by atoms with Crippen molar-refractivity contribution in [2.75, 3.05) is 27.4 Å². The number of Topliss-reactive ketones (excluding diaryl/α,β-unsaturated/α-hetero) is 1. The highest BCUT2D eigenvalue weighted by Crippen LogP contribution is 2.43. The summed E-state index contributed by atoms with van der Waals surface area (Å²) in [4.78, 5) is 31.4. The van der Waals surface area contributed by atoms with Gasteiger partial charge in [-0.2, -0.15) is 0 Å².